The minimum atomic E-state index is 0.211. The molecule has 0 N–H and O–H groups in total. The second-order valence-electron chi connectivity index (χ2n) is 7.03. The van der Waals surface area contributed by atoms with Crippen LogP contribution in [0.2, 0.25) is 0 Å². The van der Waals surface area contributed by atoms with E-state index in [4.69, 9.17) is 0 Å². The highest BCUT2D eigenvalue weighted by Gasteiger charge is 2.29. The Balaban J connectivity index is 5.71. The quantitative estimate of drug-likeness (QED) is 0.661. The lowest BCUT2D eigenvalue weighted by molar-refractivity contribution is 0.178. The van der Waals surface area contributed by atoms with Crippen LogP contribution in [-0.2, 0) is 0 Å². The Morgan fingerprint density at radius 2 is 1.18 bits per heavy atom. The van der Waals surface area contributed by atoms with Gasteiger partial charge in [0.25, 0.3) is 0 Å². The molecular weight excluding hydrogens is 206 g/mol. The summed E-state index contributed by atoms with van der Waals surface area (Å²) < 4.78 is 0. The van der Waals surface area contributed by atoms with Gasteiger partial charge in [-0.05, 0) is 40.5 Å². The molecule has 0 aromatic carbocycles. The molecule has 0 saturated heterocycles. The predicted molar refractivity (Wildman–Crippen MR) is 79.1 cm³/mol. The molecule has 102 valence electrons. The SMILES string of the molecule is CC(=C(N(C(C)C)C(C)C)C(C)(C)C)C(C)C. The van der Waals surface area contributed by atoms with E-state index in [0.717, 1.165) is 0 Å². The minimum absolute atomic E-state index is 0.211. The Morgan fingerprint density at radius 3 is 1.35 bits per heavy atom. The summed E-state index contributed by atoms with van der Waals surface area (Å²) in [5.74, 6) is 0.615. The molecule has 1 nitrogen and oxygen atoms in total. The lowest BCUT2D eigenvalue weighted by Gasteiger charge is -2.43. The summed E-state index contributed by atoms with van der Waals surface area (Å²) in [4.78, 5) is 2.58. The Labute approximate surface area is 109 Å². The van der Waals surface area contributed by atoms with Crippen LogP contribution in [0, 0.1) is 11.3 Å². The van der Waals surface area contributed by atoms with Crippen LogP contribution in [0.1, 0.15) is 69.2 Å². The molecule has 0 bridgehead atoms. The second-order valence-corrected chi connectivity index (χ2v) is 7.03. The van der Waals surface area contributed by atoms with E-state index in [2.05, 4.69) is 74.1 Å². The minimum Gasteiger partial charge on any atom is -0.370 e. The van der Waals surface area contributed by atoms with Crippen molar-refractivity contribution in [2.45, 2.75) is 81.3 Å². The van der Waals surface area contributed by atoms with Crippen LogP contribution in [-0.4, -0.2) is 17.0 Å². The van der Waals surface area contributed by atoms with Gasteiger partial charge in [0.2, 0.25) is 0 Å². The highest BCUT2D eigenvalue weighted by atomic mass is 15.2. The monoisotopic (exact) mass is 239 g/mol. The van der Waals surface area contributed by atoms with Gasteiger partial charge in [-0.3, -0.25) is 0 Å². The first-order chi connectivity index (χ1) is 7.50. The predicted octanol–water partition coefficient (Wildman–Crippen LogP) is 5.08. The summed E-state index contributed by atoms with van der Waals surface area (Å²) in [7, 11) is 0. The van der Waals surface area contributed by atoms with E-state index in [1.54, 1.807) is 0 Å². The summed E-state index contributed by atoms with van der Waals surface area (Å²) in [6.45, 7) is 23.0. The highest BCUT2D eigenvalue weighted by Crippen LogP contribution is 2.35. The van der Waals surface area contributed by atoms with Gasteiger partial charge in [0.1, 0.15) is 0 Å². The maximum absolute atomic E-state index is 2.58. The van der Waals surface area contributed by atoms with E-state index in [1.165, 1.54) is 11.3 Å². The lowest BCUT2D eigenvalue weighted by atomic mass is 9.83. The molecular formula is C16H33N. The number of hydrogen-bond acceptors (Lipinski definition) is 1. The van der Waals surface area contributed by atoms with Crippen LogP contribution in [0.15, 0.2) is 11.3 Å². The molecule has 0 aliphatic carbocycles. The van der Waals surface area contributed by atoms with Gasteiger partial charge in [-0.2, -0.15) is 0 Å². The summed E-state index contributed by atoms with van der Waals surface area (Å²) in [5, 5.41) is 0. The van der Waals surface area contributed by atoms with Crippen LogP contribution >= 0.6 is 0 Å². The summed E-state index contributed by atoms with van der Waals surface area (Å²) >= 11 is 0. The number of allylic oxidation sites excluding steroid dienone is 2. The summed E-state index contributed by atoms with van der Waals surface area (Å²) in [6.07, 6.45) is 0. The first-order valence-electron chi connectivity index (χ1n) is 6.99. The van der Waals surface area contributed by atoms with Gasteiger partial charge in [0.15, 0.2) is 0 Å². The maximum atomic E-state index is 2.58. The number of nitrogens with zero attached hydrogens (tertiary/aromatic N) is 1. The van der Waals surface area contributed by atoms with Crippen LogP contribution in [0.3, 0.4) is 0 Å². The molecule has 1 heteroatoms. The fourth-order valence-corrected chi connectivity index (χ4v) is 2.57. The summed E-state index contributed by atoms with van der Waals surface area (Å²) in [5.41, 5.74) is 3.26. The van der Waals surface area contributed by atoms with Crippen molar-refractivity contribution in [2.75, 3.05) is 0 Å². The maximum Gasteiger partial charge on any atom is 0.0233 e. The van der Waals surface area contributed by atoms with Crippen LogP contribution in [0.25, 0.3) is 0 Å². The Hall–Kier alpha value is -0.460. The third kappa shape index (κ3) is 4.37. The van der Waals surface area contributed by atoms with Gasteiger partial charge in [-0.1, -0.05) is 40.2 Å². The van der Waals surface area contributed by atoms with E-state index in [0.29, 0.717) is 18.0 Å². The van der Waals surface area contributed by atoms with Crippen molar-refractivity contribution in [3.8, 4) is 0 Å². The van der Waals surface area contributed by atoms with Crippen molar-refractivity contribution >= 4 is 0 Å². The number of hydrogen-bond donors (Lipinski definition) is 0. The normalized spacial score (nSPS) is 14.6. The fourth-order valence-electron chi connectivity index (χ4n) is 2.57. The van der Waals surface area contributed by atoms with Crippen molar-refractivity contribution in [1.29, 1.82) is 0 Å². The molecule has 0 aliphatic heterocycles. The molecule has 0 unspecified atom stereocenters. The topological polar surface area (TPSA) is 3.24 Å². The average Bonchev–Trinajstić information content (AvgIpc) is 2.09. The molecule has 0 heterocycles. The van der Waals surface area contributed by atoms with E-state index in [-0.39, 0.29) is 5.41 Å². The van der Waals surface area contributed by atoms with Crippen molar-refractivity contribution < 1.29 is 0 Å². The van der Waals surface area contributed by atoms with Gasteiger partial charge in [0, 0.05) is 23.2 Å². The molecule has 0 saturated carbocycles. The Morgan fingerprint density at radius 1 is 0.824 bits per heavy atom. The molecule has 0 atom stereocenters. The third-order valence-corrected chi connectivity index (χ3v) is 3.32. The summed E-state index contributed by atoms with van der Waals surface area (Å²) in [6, 6.07) is 1.11. The molecule has 0 aromatic rings. The van der Waals surface area contributed by atoms with Crippen molar-refractivity contribution in [1.82, 2.24) is 4.90 Å². The third-order valence-electron chi connectivity index (χ3n) is 3.32. The van der Waals surface area contributed by atoms with Crippen molar-refractivity contribution in [2.24, 2.45) is 11.3 Å². The average molecular weight is 239 g/mol. The zero-order valence-corrected chi connectivity index (χ0v) is 13.7. The zero-order valence-electron chi connectivity index (χ0n) is 13.7. The first kappa shape index (κ1) is 16.5. The lowest BCUT2D eigenvalue weighted by Crippen LogP contribution is -2.41. The van der Waals surface area contributed by atoms with Crippen molar-refractivity contribution in [3.63, 3.8) is 0 Å². The molecule has 0 aromatic heterocycles. The smallest absolute Gasteiger partial charge is 0.0233 e. The Kier molecular flexibility index (Phi) is 5.77. The van der Waals surface area contributed by atoms with Crippen molar-refractivity contribution in [3.05, 3.63) is 11.3 Å². The van der Waals surface area contributed by atoms with E-state index < -0.39 is 0 Å². The molecule has 0 aliphatic rings. The van der Waals surface area contributed by atoms with Crippen LogP contribution in [0.4, 0.5) is 0 Å². The van der Waals surface area contributed by atoms with E-state index >= 15 is 0 Å². The largest absolute Gasteiger partial charge is 0.370 e. The molecule has 17 heavy (non-hydrogen) atoms. The fraction of sp³-hybridized carbons (Fsp3) is 0.875. The number of rotatable bonds is 4. The van der Waals surface area contributed by atoms with Crippen LogP contribution < -0.4 is 0 Å². The van der Waals surface area contributed by atoms with Gasteiger partial charge in [-0.15, -0.1) is 0 Å². The Bertz CT molecular complexity index is 256. The van der Waals surface area contributed by atoms with E-state index in [1.807, 2.05) is 0 Å². The van der Waals surface area contributed by atoms with Gasteiger partial charge < -0.3 is 4.90 Å². The van der Waals surface area contributed by atoms with Gasteiger partial charge in [0.05, 0.1) is 0 Å². The first-order valence-corrected chi connectivity index (χ1v) is 6.99. The van der Waals surface area contributed by atoms with Gasteiger partial charge >= 0.3 is 0 Å². The molecule has 0 rings (SSSR count). The zero-order chi connectivity index (χ0) is 14.0. The highest BCUT2D eigenvalue weighted by molar-refractivity contribution is 5.20. The van der Waals surface area contributed by atoms with Gasteiger partial charge in [-0.25, -0.2) is 0 Å². The molecule has 0 spiro atoms. The van der Waals surface area contributed by atoms with E-state index in [9.17, 15) is 0 Å². The standard InChI is InChI=1S/C16H33N/c1-11(2)14(7)15(16(8,9)10)17(12(3)4)13(5)6/h11-13H,1-10H3. The molecule has 0 fully saturated rings. The molecule has 0 radical (unpaired) electrons. The van der Waals surface area contributed by atoms with Crippen LogP contribution in [0.5, 0.6) is 0 Å². The molecule has 0 amide bonds. The second kappa shape index (κ2) is 5.93.